The van der Waals surface area contributed by atoms with Gasteiger partial charge in [-0.1, -0.05) is 0 Å². The van der Waals surface area contributed by atoms with Gasteiger partial charge < -0.3 is 34.7 Å². The Hall–Kier alpha value is -0.730. The largest absolute Gasteiger partial charge is 0.550 e. The molecule has 0 amide bonds. The Labute approximate surface area is 74.1 Å². The van der Waals surface area contributed by atoms with Crippen LogP contribution in [0.5, 0.6) is 0 Å². The highest BCUT2D eigenvalue weighted by Crippen LogP contribution is 2.05. The zero-order chi connectivity index (χ0) is 10.3. The fourth-order valence-electron chi connectivity index (χ4n) is 0.686. The Morgan fingerprint density at radius 1 is 1.31 bits per heavy atom. The zero-order valence-electron chi connectivity index (χ0n) is 6.75. The predicted molar refractivity (Wildman–Crippen MR) is 35.8 cm³/mol. The van der Waals surface area contributed by atoms with E-state index in [1.807, 2.05) is 0 Å². The lowest BCUT2D eigenvalue weighted by Gasteiger charge is -2.21. The number of aliphatic carboxylic acids is 1. The first-order chi connectivity index (χ1) is 6.11. The standard InChI is InChI=1S/C6H12O7/c7-2-12-4(1-5(9)10)6(11)13-3-8/h4,6-8,11H,1-3H2,(H,9,10)/p-1. The number of aliphatic hydroxyl groups is 3. The maximum atomic E-state index is 10.1. The average Bonchev–Trinajstić information content (AvgIpc) is 2.03. The quantitative estimate of drug-likeness (QED) is 0.365. The van der Waals surface area contributed by atoms with Crippen molar-refractivity contribution < 1.29 is 34.7 Å². The van der Waals surface area contributed by atoms with Gasteiger partial charge in [-0.15, -0.1) is 0 Å². The van der Waals surface area contributed by atoms with Crippen LogP contribution in [-0.4, -0.2) is 47.3 Å². The Morgan fingerprint density at radius 2 is 1.85 bits per heavy atom. The van der Waals surface area contributed by atoms with Gasteiger partial charge in [-0.25, -0.2) is 0 Å². The van der Waals surface area contributed by atoms with Crippen molar-refractivity contribution >= 4 is 5.97 Å². The second-order valence-corrected chi connectivity index (χ2v) is 2.10. The number of hydrogen-bond donors (Lipinski definition) is 3. The lowest BCUT2D eigenvalue weighted by atomic mass is 10.2. The van der Waals surface area contributed by atoms with Gasteiger partial charge in [0.15, 0.2) is 6.29 Å². The van der Waals surface area contributed by atoms with Crippen molar-refractivity contribution in [1.82, 2.24) is 0 Å². The molecule has 2 unspecified atom stereocenters. The SMILES string of the molecule is O=C([O-])CC(OCO)C(O)OCO. The van der Waals surface area contributed by atoms with Gasteiger partial charge in [0, 0.05) is 12.4 Å². The maximum absolute atomic E-state index is 10.1. The van der Waals surface area contributed by atoms with Crippen LogP contribution in [0.3, 0.4) is 0 Å². The summed E-state index contributed by atoms with van der Waals surface area (Å²) in [6.07, 6.45) is -3.51. The molecule has 7 heteroatoms. The van der Waals surface area contributed by atoms with Crippen LogP contribution in [0.4, 0.5) is 0 Å². The summed E-state index contributed by atoms with van der Waals surface area (Å²) >= 11 is 0. The summed E-state index contributed by atoms with van der Waals surface area (Å²) in [7, 11) is 0. The van der Waals surface area contributed by atoms with Gasteiger partial charge in [-0.3, -0.25) is 0 Å². The van der Waals surface area contributed by atoms with Gasteiger partial charge in [0.05, 0.1) is 0 Å². The Balaban J connectivity index is 3.97. The van der Waals surface area contributed by atoms with Crippen molar-refractivity contribution in [2.75, 3.05) is 13.6 Å². The van der Waals surface area contributed by atoms with Crippen molar-refractivity contribution in [3.8, 4) is 0 Å². The van der Waals surface area contributed by atoms with Crippen LogP contribution in [0.1, 0.15) is 6.42 Å². The number of carbonyl (C=O) groups is 1. The molecule has 78 valence electrons. The summed E-state index contributed by atoms with van der Waals surface area (Å²) in [4.78, 5) is 10.1. The lowest BCUT2D eigenvalue weighted by molar-refractivity contribution is -0.312. The van der Waals surface area contributed by atoms with E-state index >= 15 is 0 Å². The third-order valence-corrected chi connectivity index (χ3v) is 1.22. The number of aliphatic hydroxyl groups excluding tert-OH is 3. The number of hydrogen-bond acceptors (Lipinski definition) is 7. The first-order valence-corrected chi connectivity index (χ1v) is 3.44. The summed E-state index contributed by atoms with van der Waals surface area (Å²) in [5.41, 5.74) is 0. The molecule has 0 saturated heterocycles. The molecule has 0 saturated carbocycles. The third-order valence-electron chi connectivity index (χ3n) is 1.22. The van der Waals surface area contributed by atoms with Crippen LogP contribution in [-0.2, 0) is 14.3 Å². The van der Waals surface area contributed by atoms with Crippen LogP contribution < -0.4 is 5.11 Å². The molecule has 0 aromatic carbocycles. The highest BCUT2D eigenvalue weighted by molar-refractivity contribution is 5.64. The molecular weight excluding hydrogens is 184 g/mol. The van der Waals surface area contributed by atoms with Crippen molar-refractivity contribution in [2.45, 2.75) is 18.8 Å². The van der Waals surface area contributed by atoms with Gasteiger partial charge >= 0.3 is 0 Å². The first-order valence-electron chi connectivity index (χ1n) is 3.44. The average molecular weight is 195 g/mol. The normalized spacial score (nSPS) is 15.3. The Morgan fingerprint density at radius 3 is 2.23 bits per heavy atom. The second-order valence-electron chi connectivity index (χ2n) is 2.10. The first kappa shape index (κ1) is 12.3. The van der Waals surface area contributed by atoms with Gasteiger partial charge in [0.25, 0.3) is 0 Å². The van der Waals surface area contributed by atoms with Crippen LogP contribution in [0.2, 0.25) is 0 Å². The van der Waals surface area contributed by atoms with Gasteiger partial charge in [-0.2, -0.15) is 0 Å². The fourth-order valence-corrected chi connectivity index (χ4v) is 0.686. The van der Waals surface area contributed by atoms with E-state index in [1.165, 1.54) is 0 Å². The van der Waals surface area contributed by atoms with Crippen molar-refractivity contribution in [1.29, 1.82) is 0 Å². The zero-order valence-corrected chi connectivity index (χ0v) is 6.75. The molecule has 0 aliphatic rings. The van der Waals surface area contributed by atoms with Crippen LogP contribution >= 0.6 is 0 Å². The minimum atomic E-state index is -1.62. The maximum Gasteiger partial charge on any atom is 0.184 e. The molecule has 3 N–H and O–H groups in total. The summed E-state index contributed by atoms with van der Waals surface area (Å²) in [5, 5.41) is 35.6. The Kier molecular flexibility index (Phi) is 6.37. The van der Waals surface area contributed by atoms with Gasteiger partial charge in [0.1, 0.15) is 19.7 Å². The number of carboxylic acid groups (broad SMARTS) is 1. The van der Waals surface area contributed by atoms with Crippen LogP contribution in [0, 0.1) is 0 Å². The van der Waals surface area contributed by atoms with E-state index in [0.29, 0.717) is 0 Å². The van der Waals surface area contributed by atoms with E-state index in [-0.39, 0.29) is 0 Å². The minimum absolute atomic E-state index is 0.637. The molecule has 0 spiro atoms. The molecule has 0 rings (SSSR count). The number of carboxylic acids is 1. The molecule has 0 aromatic rings. The molecular formula is C6H11O7-. The molecule has 13 heavy (non-hydrogen) atoms. The van der Waals surface area contributed by atoms with E-state index in [2.05, 4.69) is 9.47 Å². The molecule has 2 atom stereocenters. The molecule has 0 heterocycles. The lowest BCUT2D eigenvalue weighted by Crippen LogP contribution is -2.38. The monoisotopic (exact) mass is 195 g/mol. The summed E-state index contributed by atoms with van der Waals surface area (Å²) in [6.45, 7) is -1.54. The van der Waals surface area contributed by atoms with E-state index in [9.17, 15) is 9.90 Å². The van der Waals surface area contributed by atoms with E-state index < -0.39 is 38.4 Å². The number of ether oxygens (including phenoxy) is 2. The van der Waals surface area contributed by atoms with Crippen molar-refractivity contribution in [3.05, 3.63) is 0 Å². The minimum Gasteiger partial charge on any atom is -0.550 e. The summed E-state index contributed by atoms with van der Waals surface area (Å²) in [6, 6.07) is 0. The highest BCUT2D eigenvalue weighted by Gasteiger charge is 2.20. The van der Waals surface area contributed by atoms with Crippen molar-refractivity contribution in [2.24, 2.45) is 0 Å². The van der Waals surface area contributed by atoms with Gasteiger partial charge in [-0.05, 0) is 0 Å². The van der Waals surface area contributed by atoms with Crippen molar-refractivity contribution in [3.63, 3.8) is 0 Å². The smallest absolute Gasteiger partial charge is 0.184 e. The molecule has 0 bridgehead atoms. The fraction of sp³-hybridized carbons (Fsp3) is 0.833. The molecule has 0 aliphatic heterocycles. The second kappa shape index (κ2) is 6.75. The molecule has 7 nitrogen and oxygen atoms in total. The molecule has 0 fully saturated rings. The number of rotatable bonds is 7. The Bertz CT molecular complexity index is 148. The number of carbonyl (C=O) groups excluding carboxylic acids is 1. The topological polar surface area (TPSA) is 119 Å². The van der Waals surface area contributed by atoms with Crippen LogP contribution in [0.15, 0.2) is 0 Å². The third kappa shape index (κ3) is 5.50. The summed E-state index contributed by atoms with van der Waals surface area (Å²) in [5.74, 6) is -1.46. The predicted octanol–water partition coefficient (Wildman–Crippen LogP) is -3.25. The highest BCUT2D eigenvalue weighted by atomic mass is 16.7. The van der Waals surface area contributed by atoms with Crippen LogP contribution in [0.25, 0.3) is 0 Å². The van der Waals surface area contributed by atoms with E-state index in [0.717, 1.165) is 0 Å². The molecule has 0 radical (unpaired) electrons. The van der Waals surface area contributed by atoms with E-state index in [1.54, 1.807) is 0 Å². The van der Waals surface area contributed by atoms with Gasteiger partial charge in [0.2, 0.25) is 0 Å². The van der Waals surface area contributed by atoms with E-state index in [4.69, 9.17) is 15.3 Å². The molecule has 0 aliphatic carbocycles. The summed E-state index contributed by atoms with van der Waals surface area (Å²) < 4.78 is 8.66. The molecule has 0 aromatic heterocycles.